The predicted molar refractivity (Wildman–Crippen MR) is 81.3 cm³/mol. The van der Waals surface area contributed by atoms with E-state index in [0.717, 1.165) is 6.08 Å². The van der Waals surface area contributed by atoms with Gasteiger partial charge in [0.1, 0.15) is 5.82 Å². The van der Waals surface area contributed by atoms with Gasteiger partial charge in [-0.05, 0) is 31.2 Å². The van der Waals surface area contributed by atoms with Gasteiger partial charge in [0, 0.05) is 23.2 Å². The molecular formula is C14H14BrFN2O4. The molecule has 0 saturated carbocycles. The molecule has 0 spiro atoms. The lowest BCUT2D eigenvalue weighted by molar-refractivity contribution is -0.149. The number of halogens is 2. The zero-order valence-electron chi connectivity index (χ0n) is 11.9. The summed E-state index contributed by atoms with van der Waals surface area (Å²) in [6, 6.07) is 3.55. The maximum atomic E-state index is 13.5. The molecule has 6 nitrogen and oxygen atoms in total. The van der Waals surface area contributed by atoms with Crippen molar-refractivity contribution in [3.05, 3.63) is 40.1 Å². The number of nitrogens with one attached hydrogen (secondary N) is 2. The van der Waals surface area contributed by atoms with Gasteiger partial charge in [0.2, 0.25) is 0 Å². The number of imide groups is 1. The largest absolute Gasteiger partial charge is 0.449 e. The SMILES string of the molecule is CNC(=O)NC(=O)[C@H](C)OC(=O)/C=C/c1cc(Br)ccc1F. The minimum Gasteiger partial charge on any atom is -0.449 e. The van der Waals surface area contributed by atoms with Crippen molar-refractivity contribution in [3.8, 4) is 0 Å². The van der Waals surface area contributed by atoms with E-state index >= 15 is 0 Å². The summed E-state index contributed by atoms with van der Waals surface area (Å²) in [5.74, 6) is -2.11. The van der Waals surface area contributed by atoms with Crippen molar-refractivity contribution in [2.75, 3.05) is 7.05 Å². The summed E-state index contributed by atoms with van der Waals surface area (Å²) in [4.78, 5) is 34.0. The van der Waals surface area contributed by atoms with Crippen molar-refractivity contribution in [1.82, 2.24) is 10.6 Å². The van der Waals surface area contributed by atoms with Gasteiger partial charge in [-0.25, -0.2) is 14.0 Å². The molecule has 8 heteroatoms. The van der Waals surface area contributed by atoms with Crippen LogP contribution in [0.3, 0.4) is 0 Å². The zero-order chi connectivity index (χ0) is 16.7. The minimum atomic E-state index is -1.16. The molecule has 1 atom stereocenters. The molecule has 22 heavy (non-hydrogen) atoms. The average molecular weight is 373 g/mol. The molecule has 1 aromatic rings. The number of esters is 1. The number of benzene rings is 1. The third kappa shape index (κ3) is 5.65. The third-order valence-electron chi connectivity index (χ3n) is 2.48. The van der Waals surface area contributed by atoms with Crippen molar-refractivity contribution in [2.24, 2.45) is 0 Å². The molecule has 0 bridgehead atoms. The zero-order valence-corrected chi connectivity index (χ0v) is 13.4. The first kappa shape index (κ1) is 17.8. The molecular weight excluding hydrogens is 359 g/mol. The van der Waals surface area contributed by atoms with Crippen molar-refractivity contribution >= 4 is 39.9 Å². The fourth-order valence-electron chi connectivity index (χ4n) is 1.34. The van der Waals surface area contributed by atoms with Crippen LogP contribution in [0.4, 0.5) is 9.18 Å². The van der Waals surface area contributed by atoms with Crippen LogP contribution in [0.2, 0.25) is 0 Å². The molecule has 0 fully saturated rings. The number of carbonyl (C=O) groups is 3. The lowest BCUT2D eigenvalue weighted by Gasteiger charge is -2.11. The molecule has 0 aliphatic heterocycles. The Kier molecular flexibility index (Phi) is 6.71. The van der Waals surface area contributed by atoms with Crippen molar-refractivity contribution < 1.29 is 23.5 Å². The van der Waals surface area contributed by atoms with E-state index < -0.39 is 29.8 Å². The highest BCUT2D eigenvalue weighted by atomic mass is 79.9. The van der Waals surface area contributed by atoms with Gasteiger partial charge in [-0.1, -0.05) is 15.9 Å². The maximum Gasteiger partial charge on any atom is 0.331 e. The van der Waals surface area contributed by atoms with Crippen molar-refractivity contribution in [2.45, 2.75) is 13.0 Å². The molecule has 0 aliphatic carbocycles. The van der Waals surface area contributed by atoms with Gasteiger partial charge in [0.25, 0.3) is 5.91 Å². The highest BCUT2D eigenvalue weighted by Crippen LogP contribution is 2.16. The molecule has 1 aromatic carbocycles. The summed E-state index contributed by atoms with van der Waals surface area (Å²) in [5, 5.41) is 4.16. The Balaban J connectivity index is 2.62. The summed E-state index contributed by atoms with van der Waals surface area (Å²) in [6.45, 7) is 1.31. The number of rotatable bonds is 4. The van der Waals surface area contributed by atoms with E-state index in [9.17, 15) is 18.8 Å². The monoisotopic (exact) mass is 372 g/mol. The Hall–Kier alpha value is -2.22. The van der Waals surface area contributed by atoms with Crippen LogP contribution < -0.4 is 10.6 Å². The lowest BCUT2D eigenvalue weighted by Crippen LogP contribution is -2.43. The highest BCUT2D eigenvalue weighted by molar-refractivity contribution is 9.10. The van der Waals surface area contributed by atoms with Gasteiger partial charge in [-0.2, -0.15) is 0 Å². The van der Waals surface area contributed by atoms with E-state index in [1.165, 1.54) is 38.2 Å². The van der Waals surface area contributed by atoms with E-state index in [2.05, 4.69) is 21.2 Å². The normalized spacial score (nSPS) is 11.8. The fourth-order valence-corrected chi connectivity index (χ4v) is 1.72. The van der Waals surface area contributed by atoms with Gasteiger partial charge < -0.3 is 10.1 Å². The van der Waals surface area contributed by atoms with Crippen LogP contribution in [-0.2, 0) is 14.3 Å². The average Bonchev–Trinajstić information content (AvgIpc) is 2.47. The molecule has 0 heterocycles. The van der Waals surface area contributed by atoms with Crippen molar-refractivity contribution in [3.63, 3.8) is 0 Å². The second-order valence-corrected chi connectivity index (χ2v) is 5.06. The molecule has 2 N–H and O–H groups in total. The lowest BCUT2D eigenvalue weighted by atomic mass is 10.2. The predicted octanol–water partition coefficient (Wildman–Crippen LogP) is 1.99. The first-order valence-corrected chi connectivity index (χ1v) is 6.99. The Bertz CT molecular complexity index is 619. The molecule has 0 saturated heterocycles. The molecule has 0 unspecified atom stereocenters. The molecule has 0 radical (unpaired) electrons. The van der Waals surface area contributed by atoms with E-state index in [4.69, 9.17) is 4.74 Å². The quantitative estimate of drug-likeness (QED) is 0.625. The first-order valence-electron chi connectivity index (χ1n) is 6.19. The number of amides is 3. The van der Waals surface area contributed by atoms with Crippen LogP contribution in [0.5, 0.6) is 0 Å². The van der Waals surface area contributed by atoms with E-state index in [0.29, 0.717) is 4.47 Å². The maximum absolute atomic E-state index is 13.5. The van der Waals surface area contributed by atoms with Gasteiger partial charge in [0.05, 0.1) is 0 Å². The number of hydrogen-bond acceptors (Lipinski definition) is 4. The van der Waals surface area contributed by atoms with Gasteiger partial charge in [-0.3, -0.25) is 10.1 Å². The Morgan fingerprint density at radius 2 is 2.05 bits per heavy atom. The van der Waals surface area contributed by atoms with Gasteiger partial charge in [0.15, 0.2) is 6.10 Å². The Morgan fingerprint density at radius 3 is 2.68 bits per heavy atom. The van der Waals surface area contributed by atoms with Crippen LogP contribution in [0.1, 0.15) is 12.5 Å². The van der Waals surface area contributed by atoms with E-state index in [1.807, 2.05) is 5.32 Å². The van der Waals surface area contributed by atoms with Crippen LogP contribution in [0, 0.1) is 5.82 Å². The minimum absolute atomic E-state index is 0.189. The molecule has 3 amide bonds. The van der Waals surface area contributed by atoms with Crippen LogP contribution in [0.25, 0.3) is 6.08 Å². The Morgan fingerprint density at radius 1 is 1.36 bits per heavy atom. The highest BCUT2D eigenvalue weighted by Gasteiger charge is 2.18. The third-order valence-corrected chi connectivity index (χ3v) is 2.98. The Labute approximate surface area is 134 Å². The first-order chi connectivity index (χ1) is 10.3. The van der Waals surface area contributed by atoms with Crippen LogP contribution in [-0.4, -0.2) is 31.1 Å². The summed E-state index contributed by atoms with van der Waals surface area (Å²) < 4.78 is 18.9. The molecule has 0 aliphatic rings. The van der Waals surface area contributed by atoms with Gasteiger partial charge >= 0.3 is 12.0 Å². The van der Waals surface area contributed by atoms with Crippen LogP contribution >= 0.6 is 15.9 Å². The number of hydrogen-bond donors (Lipinski definition) is 2. The summed E-state index contributed by atoms with van der Waals surface area (Å²) in [5.41, 5.74) is 0.189. The van der Waals surface area contributed by atoms with E-state index in [-0.39, 0.29) is 5.56 Å². The molecule has 118 valence electrons. The second-order valence-electron chi connectivity index (χ2n) is 4.15. The number of carbonyl (C=O) groups excluding carboxylic acids is 3. The van der Waals surface area contributed by atoms with Crippen molar-refractivity contribution in [1.29, 1.82) is 0 Å². The fraction of sp³-hybridized carbons (Fsp3) is 0.214. The standard InChI is InChI=1S/C14H14BrFN2O4/c1-8(13(20)18-14(21)17-2)22-12(19)6-3-9-7-10(15)4-5-11(9)16/h3-8H,1-2H3,(H2,17,18,20,21)/b6-3+/t8-/m0/s1. The number of urea groups is 1. The summed E-state index contributed by atoms with van der Waals surface area (Å²) >= 11 is 3.18. The topological polar surface area (TPSA) is 84.5 Å². The smallest absolute Gasteiger partial charge is 0.331 e. The summed E-state index contributed by atoms with van der Waals surface area (Å²) in [6.07, 6.45) is 1.06. The van der Waals surface area contributed by atoms with E-state index in [1.54, 1.807) is 0 Å². The van der Waals surface area contributed by atoms with Gasteiger partial charge in [-0.15, -0.1) is 0 Å². The molecule has 1 rings (SSSR count). The molecule has 0 aromatic heterocycles. The second kappa shape index (κ2) is 8.28. The number of ether oxygens (including phenoxy) is 1. The summed E-state index contributed by atoms with van der Waals surface area (Å²) in [7, 11) is 1.34. The van der Waals surface area contributed by atoms with Crippen LogP contribution in [0.15, 0.2) is 28.7 Å².